The molecule has 1 heterocycles. The third-order valence-corrected chi connectivity index (χ3v) is 6.11. The van der Waals surface area contributed by atoms with Crippen molar-refractivity contribution in [3.05, 3.63) is 108 Å². The highest BCUT2D eigenvalue weighted by Crippen LogP contribution is 2.29. The van der Waals surface area contributed by atoms with E-state index in [0.29, 0.717) is 6.42 Å². The Morgan fingerprint density at radius 2 is 1.52 bits per heavy atom. The first-order chi connectivity index (χ1) is 15.3. The summed E-state index contributed by atoms with van der Waals surface area (Å²) in [6, 6.07) is 32.2. The zero-order valence-corrected chi connectivity index (χ0v) is 17.6. The highest BCUT2D eigenvalue weighted by molar-refractivity contribution is 7.13. The Hall–Kier alpha value is -3.76. The molecule has 0 fully saturated rings. The van der Waals surface area contributed by atoms with Gasteiger partial charge in [0.15, 0.2) is 0 Å². The maximum Gasteiger partial charge on any atom is 0.228 e. The molecular formula is C27H20N2OS. The number of thiazole rings is 1. The number of carbonyl (C=O) groups excluding carboxylic acids is 1. The van der Waals surface area contributed by atoms with Gasteiger partial charge in [-0.3, -0.25) is 4.79 Å². The summed E-state index contributed by atoms with van der Waals surface area (Å²) in [7, 11) is 0. The lowest BCUT2D eigenvalue weighted by atomic mass is 10.0. The van der Waals surface area contributed by atoms with Crippen molar-refractivity contribution in [1.82, 2.24) is 4.98 Å². The van der Waals surface area contributed by atoms with Gasteiger partial charge in [-0.2, -0.15) is 0 Å². The minimum Gasteiger partial charge on any atom is -0.326 e. The number of hydrogen-bond donors (Lipinski definition) is 1. The van der Waals surface area contributed by atoms with Crippen LogP contribution in [0.1, 0.15) is 5.56 Å². The number of rotatable bonds is 5. The minimum atomic E-state index is -0.0240. The molecule has 0 spiro atoms. The van der Waals surface area contributed by atoms with E-state index in [-0.39, 0.29) is 5.91 Å². The molecule has 1 amide bonds. The topological polar surface area (TPSA) is 42.0 Å². The van der Waals surface area contributed by atoms with E-state index in [1.807, 2.05) is 66.7 Å². The molecule has 0 saturated heterocycles. The highest BCUT2D eigenvalue weighted by atomic mass is 32.1. The van der Waals surface area contributed by atoms with Gasteiger partial charge >= 0.3 is 0 Å². The lowest BCUT2D eigenvalue weighted by Crippen LogP contribution is -2.14. The first-order valence-corrected chi connectivity index (χ1v) is 11.0. The summed E-state index contributed by atoms with van der Waals surface area (Å²) in [4.78, 5) is 17.4. The molecule has 0 aliphatic heterocycles. The molecule has 0 aliphatic rings. The number of nitrogens with zero attached hydrogens (tertiary/aromatic N) is 1. The summed E-state index contributed by atoms with van der Waals surface area (Å²) in [6.45, 7) is 0. The maximum absolute atomic E-state index is 12.6. The van der Waals surface area contributed by atoms with Crippen LogP contribution >= 0.6 is 11.3 Å². The number of carbonyl (C=O) groups is 1. The number of anilines is 1. The van der Waals surface area contributed by atoms with Gasteiger partial charge in [-0.25, -0.2) is 4.98 Å². The fraction of sp³-hybridized carbons (Fsp3) is 0.0370. The van der Waals surface area contributed by atoms with Crippen LogP contribution in [0.4, 0.5) is 5.69 Å². The predicted octanol–water partition coefficient (Wildman–Crippen LogP) is 6.81. The Morgan fingerprint density at radius 3 is 2.35 bits per heavy atom. The third kappa shape index (κ3) is 4.25. The SMILES string of the molecule is O=C(Cc1cccc2ccccc12)Nc1ccc(-c2csc(-c3ccccc3)n2)cc1. The quantitative estimate of drug-likeness (QED) is 0.339. The normalized spacial score (nSPS) is 10.8. The number of benzene rings is 4. The van der Waals surface area contributed by atoms with Crippen molar-refractivity contribution in [3.8, 4) is 21.8 Å². The van der Waals surface area contributed by atoms with Crippen molar-refractivity contribution in [2.45, 2.75) is 6.42 Å². The fourth-order valence-corrected chi connectivity index (χ4v) is 4.50. The number of aromatic nitrogens is 1. The zero-order valence-electron chi connectivity index (χ0n) is 16.8. The predicted molar refractivity (Wildman–Crippen MR) is 129 cm³/mol. The Kier molecular flexibility index (Phi) is 5.29. The van der Waals surface area contributed by atoms with E-state index in [0.717, 1.165) is 43.9 Å². The fourth-order valence-electron chi connectivity index (χ4n) is 3.67. The molecular weight excluding hydrogens is 400 g/mol. The van der Waals surface area contributed by atoms with Crippen molar-refractivity contribution >= 4 is 33.7 Å². The molecule has 0 atom stereocenters. The average molecular weight is 421 g/mol. The van der Waals surface area contributed by atoms with Crippen LogP contribution in [0.2, 0.25) is 0 Å². The summed E-state index contributed by atoms with van der Waals surface area (Å²) in [5.41, 5.74) is 4.91. The molecule has 4 aromatic carbocycles. The summed E-state index contributed by atoms with van der Waals surface area (Å²) in [5, 5.41) is 8.34. The molecule has 5 rings (SSSR count). The first kappa shape index (κ1) is 19.2. The van der Waals surface area contributed by atoms with Crippen LogP contribution < -0.4 is 5.32 Å². The van der Waals surface area contributed by atoms with Crippen LogP contribution in [-0.4, -0.2) is 10.9 Å². The van der Waals surface area contributed by atoms with Crippen molar-refractivity contribution in [1.29, 1.82) is 0 Å². The van der Waals surface area contributed by atoms with E-state index in [2.05, 4.69) is 41.0 Å². The monoisotopic (exact) mass is 420 g/mol. The maximum atomic E-state index is 12.6. The van der Waals surface area contributed by atoms with Crippen molar-refractivity contribution in [2.75, 3.05) is 5.32 Å². The van der Waals surface area contributed by atoms with Crippen molar-refractivity contribution < 1.29 is 4.79 Å². The van der Waals surface area contributed by atoms with Gasteiger partial charge in [-0.1, -0.05) is 84.9 Å². The molecule has 3 nitrogen and oxygen atoms in total. The molecule has 5 aromatic rings. The van der Waals surface area contributed by atoms with Crippen LogP contribution in [0, 0.1) is 0 Å². The van der Waals surface area contributed by atoms with Crippen LogP contribution in [0.25, 0.3) is 32.6 Å². The van der Waals surface area contributed by atoms with E-state index in [1.54, 1.807) is 11.3 Å². The van der Waals surface area contributed by atoms with Gasteiger partial charge in [0.1, 0.15) is 5.01 Å². The van der Waals surface area contributed by atoms with Crippen molar-refractivity contribution in [2.24, 2.45) is 0 Å². The van der Waals surface area contributed by atoms with Gasteiger partial charge in [-0.05, 0) is 28.5 Å². The Bertz CT molecular complexity index is 1340. The van der Waals surface area contributed by atoms with Crippen LogP contribution in [0.15, 0.2) is 102 Å². The van der Waals surface area contributed by atoms with E-state index >= 15 is 0 Å². The molecule has 0 unspecified atom stereocenters. The number of nitrogens with one attached hydrogen (secondary N) is 1. The van der Waals surface area contributed by atoms with Gasteiger partial charge in [-0.15, -0.1) is 11.3 Å². The largest absolute Gasteiger partial charge is 0.326 e. The van der Waals surface area contributed by atoms with Gasteiger partial charge in [0.05, 0.1) is 12.1 Å². The number of fused-ring (bicyclic) bond motifs is 1. The van der Waals surface area contributed by atoms with Gasteiger partial charge < -0.3 is 5.32 Å². The summed E-state index contributed by atoms with van der Waals surface area (Å²) >= 11 is 1.63. The average Bonchev–Trinajstić information content (AvgIpc) is 3.31. The van der Waals surface area contributed by atoms with Gasteiger partial charge in [0.25, 0.3) is 0 Å². The lowest BCUT2D eigenvalue weighted by Gasteiger charge is -2.08. The molecule has 0 aliphatic carbocycles. The minimum absolute atomic E-state index is 0.0240. The van der Waals surface area contributed by atoms with Crippen LogP contribution in [0.3, 0.4) is 0 Å². The van der Waals surface area contributed by atoms with Crippen LogP contribution in [0.5, 0.6) is 0 Å². The standard InChI is InChI=1S/C27H20N2OS/c30-26(17-22-11-6-10-19-7-4-5-12-24(19)22)28-23-15-13-20(14-16-23)25-18-31-27(29-25)21-8-2-1-3-9-21/h1-16,18H,17H2,(H,28,30). The van der Waals surface area contributed by atoms with E-state index in [4.69, 9.17) is 4.98 Å². The van der Waals surface area contributed by atoms with Gasteiger partial charge in [0.2, 0.25) is 5.91 Å². The third-order valence-electron chi connectivity index (χ3n) is 5.22. The number of hydrogen-bond acceptors (Lipinski definition) is 3. The smallest absolute Gasteiger partial charge is 0.228 e. The molecule has 150 valence electrons. The second-order valence-corrected chi connectivity index (χ2v) is 8.20. The molecule has 4 heteroatoms. The number of amides is 1. The van der Waals surface area contributed by atoms with Crippen LogP contribution in [-0.2, 0) is 11.2 Å². The molecule has 1 N–H and O–H groups in total. The summed E-state index contributed by atoms with van der Waals surface area (Å²) in [5.74, 6) is -0.0240. The van der Waals surface area contributed by atoms with E-state index in [1.165, 1.54) is 0 Å². The second-order valence-electron chi connectivity index (χ2n) is 7.34. The highest BCUT2D eigenvalue weighted by Gasteiger charge is 2.09. The zero-order chi connectivity index (χ0) is 21.0. The molecule has 31 heavy (non-hydrogen) atoms. The lowest BCUT2D eigenvalue weighted by molar-refractivity contribution is -0.115. The first-order valence-electron chi connectivity index (χ1n) is 10.1. The second kappa shape index (κ2) is 8.54. The molecule has 1 aromatic heterocycles. The van der Waals surface area contributed by atoms with E-state index in [9.17, 15) is 4.79 Å². The molecule has 0 saturated carbocycles. The molecule has 0 bridgehead atoms. The molecule has 0 radical (unpaired) electrons. The Morgan fingerprint density at radius 1 is 0.774 bits per heavy atom. The van der Waals surface area contributed by atoms with Crippen molar-refractivity contribution in [3.63, 3.8) is 0 Å². The summed E-state index contributed by atoms with van der Waals surface area (Å²) in [6.07, 6.45) is 0.343. The Labute approximate surface area is 185 Å². The Balaban J connectivity index is 1.28. The summed E-state index contributed by atoms with van der Waals surface area (Å²) < 4.78 is 0. The van der Waals surface area contributed by atoms with E-state index < -0.39 is 0 Å². The van der Waals surface area contributed by atoms with Gasteiger partial charge in [0, 0.05) is 22.2 Å².